The van der Waals surface area contributed by atoms with Crippen molar-refractivity contribution in [2.45, 2.75) is 33.4 Å². The molecule has 158 valence electrons. The molecule has 3 aromatic rings. The minimum atomic E-state index is -0.565. The fourth-order valence-electron chi connectivity index (χ4n) is 3.38. The predicted octanol–water partition coefficient (Wildman–Crippen LogP) is 4.93. The van der Waals surface area contributed by atoms with Gasteiger partial charge < -0.3 is 10.2 Å². The Kier molecular flexibility index (Phi) is 6.98. The molecular weight excluding hydrogens is 388 g/mol. The van der Waals surface area contributed by atoms with Crippen molar-refractivity contribution in [3.63, 3.8) is 0 Å². The first-order valence-corrected chi connectivity index (χ1v) is 10.2. The van der Waals surface area contributed by atoms with Gasteiger partial charge in [-0.3, -0.25) is 14.4 Å². The molecule has 0 bridgehead atoms. The van der Waals surface area contributed by atoms with Crippen LogP contribution in [0.15, 0.2) is 78.9 Å². The van der Waals surface area contributed by atoms with Gasteiger partial charge in [-0.1, -0.05) is 72.3 Å². The smallest absolute Gasteiger partial charge is 0.295 e. The van der Waals surface area contributed by atoms with Crippen molar-refractivity contribution in [1.29, 1.82) is 0 Å². The van der Waals surface area contributed by atoms with Crippen LogP contribution in [0.1, 0.15) is 46.9 Å². The van der Waals surface area contributed by atoms with Gasteiger partial charge in [-0.15, -0.1) is 0 Å². The van der Waals surface area contributed by atoms with Crippen molar-refractivity contribution in [3.05, 3.63) is 101 Å². The number of carbonyl (C=O) groups is 3. The monoisotopic (exact) mass is 414 g/mol. The van der Waals surface area contributed by atoms with Crippen LogP contribution >= 0.6 is 0 Å². The number of rotatable bonds is 7. The first-order chi connectivity index (χ1) is 14.8. The fourth-order valence-corrected chi connectivity index (χ4v) is 3.38. The minimum absolute atomic E-state index is 0.170. The van der Waals surface area contributed by atoms with E-state index in [9.17, 15) is 14.4 Å². The molecule has 1 N–H and O–H groups in total. The topological polar surface area (TPSA) is 66.5 Å². The third-order valence-electron chi connectivity index (χ3n) is 5.12. The summed E-state index contributed by atoms with van der Waals surface area (Å²) in [5, 5.41) is 2.76. The molecular formula is C26H26N2O3. The van der Waals surface area contributed by atoms with Crippen molar-refractivity contribution in [2.24, 2.45) is 0 Å². The number of benzene rings is 3. The highest BCUT2D eigenvalue weighted by molar-refractivity contribution is 6.42. The molecule has 0 radical (unpaired) electrons. The zero-order valence-corrected chi connectivity index (χ0v) is 18.0. The maximum absolute atomic E-state index is 13.3. The van der Waals surface area contributed by atoms with Crippen LogP contribution in [0.5, 0.6) is 0 Å². The highest BCUT2D eigenvalue weighted by Crippen LogP contribution is 2.26. The Morgan fingerprint density at radius 3 is 2.23 bits per heavy atom. The highest BCUT2D eigenvalue weighted by Gasteiger charge is 2.28. The first kappa shape index (κ1) is 22.0. The largest absolute Gasteiger partial charge is 0.326 e. The van der Waals surface area contributed by atoms with Crippen LogP contribution in [0.4, 0.5) is 5.69 Å². The van der Waals surface area contributed by atoms with E-state index in [0.29, 0.717) is 17.8 Å². The summed E-state index contributed by atoms with van der Waals surface area (Å²) in [5.41, 5.74) is 3.79. The van der Waals surface area contributed by atoms with E-state index in [1.165, 1.54) is 6.92 Å². The van der Waals surface area contributed by atoms with Crippen LogP contribution in [0.2, 0.25) is 0 Å². The van der Waals surface area contributed by atoms with Crippen LogP contribution in [-0.4, -0.2) is 22.5 Å². The predicted molar refractivity (Wildman–Crippen MR) is 122 cm³/mol. The molecule has 3 rings (SSSR count). The number of aryl methyl sites for hydroxylation is 1. The summed E-state index contributed by atoms with van der Waals surface area (Å²) in [5.74, 6) is -1.28. The Morgan fingerprint density at radius 1 is 0.903 bits per heavy atom. The standard InChI is InChI=1S/C26H26N2O3/c1-18-12-14-22(15-13-18)25(30)26(31)28(17-21-8-5-4-6-9-21)19(2)23-10-7-11-24(16-23)27-20(3)29/h4-16,19H,17H2,1-3H3,(H,27,29). The Balaban J connectivity index is 1.93. The minimum Gasteiger partial charge on any atom is -0.326 e. The van der Waals surface area contributed by atoms with Crippen LogP contribution in [0.3, 0.4) is 0 Å². The Hall–Kier alpha value is -3.73. The summed E-state index contributed by atoms with van der Waals surface area (Å²) in [7, 11) is 0. The van der Waals surface area contributed by atoms with Crippen molar-refractivity contribution in [1.82, 2.24) is 4.90 Å². The van der Waals surface area contributed by atoms with Crippen LogP contribution in [0.25, 0.3) is 0 Å². The zero-order valence-electron chi connectivity index (χ0n) is 18.0. The van der Waals surface area contributed by atoms with Crippen molar-refractivity contribution < 1.29 is 14.4 Å². The van der Waals surface area contributed by atoms with Gasteiger partial charge in [-0.05, 0) is 37.1 Å². The summed E-state index contributed by atoms with van der Waals surface area (Å²) in [6.45, 7) is 5.56. The molecule has 31 heavy (non-hydrogen) atoms. The Bertz CT molecular complexity index is 1080. The number of hydrogen-bond acceptors (Lipinski definition) is 3. The van der Waals surface area contributed by atoms with Gasteiger partial charge in [0.2, 0.25) is 11.7 Å². The lowest BCUT2D eigenvalue weighted by Gasteiger charge is -2.29. The number of Topliss-reactive ketones (excluding diaryl/α,β-unsaturated/α-hetero) is 1. The number of carbonyl (C=O) groups excluding carboxylic acids is 3. The summed E-state index contributed by atoms with van der Waals surface area (Å²) in [4.78, 5) is 39.3. The van der Waals surface area contributed by atoms with Gasteiger partial charge in [0.15, 0.2) is 0 Å². The van der Waals surface area contributed by atoms with E-state index in [2.05, 4.69) is 5.32 Å². The summed E-state index contributed by atoms with van der Waals surface area (Å²) >= 11 is 0. The number of hydrogen-bond donors (Lipinski definition) is 1. The SMILES string of the molecule is CC(=O)Nc1cccc(C(C)N(Cc2ccccc2)C(=O)C(=O)c2ccc(C)cc2)c1. The van der Waals surface area contributed by atoms with Gasteiger partial charge >= 0.3 is 0 Å². The van der Waals surface area contributed by atoms with E-state index in [4.69, 9.17) is 0 Å². The molecule has 0 spiro atoms. The summed E-state index contributed by atoms with van der Waals surface area (Å²) in [6, 6.07) is 23.5. The van der Waals surface area contributed by atoms with Gasteiger partial charge in [0, 0.05) is 24.7 Å². The Labute approximate surface area is 182 Å². The number of nitrogens with zero attached hydrogens (tertiary/aromatic N) is 1. The Morgan fingerprint density at radius 2 is 1.58 bits per heavy atom. The molecule has 0 saturated heterocycles. The van der Waals surface area contributed by atoms with E-state index in [1.807, 2.05) is 74.5 Å². The molecule has 0 saturated carbocycles. The molecule has 0 aromatic heterocycles. The van der Waals surface area contributed by atoms with Crippen LogP contribution < -0.4 is 5.32 Å². The molecule has 1 unspecified atom stereocenters. The second kappa shape index (κ2) is 9.85. The van der Waals surface area contributed by atoms with Gasteiger partial charge in [-0.2, -0.15) is 0 Å². The van der Waals surface area contributed by atoms with Gasteiger partial charge in [-0.25, -0.2) is 0 Å². The zero-order chi connectivity index (χ0) is 22.4. The molecule has 0 aliphatic carbocycles. The maximum Gasteiger partial charge on any atom is 0.295 e. The fraction of sp³-hybridized carbons (Fsp3) is 0.192. The molecule has 0 aliphatic rings. The van der Waals surface area contributed by atoms with Gasteiger partial charge in [0.1, 0.15) is 0 Å². The maximum atomic E-state index is 13.3. The second-order valence-electron chi connectivity index (χ2n) is 7.60. The molecule has 3 aromatic carbocycles. The van der Waals surface area contributed by atoms with E-state index >= 15 is 0 Å². The first-order valence-electron chi connectivity index (χ1n) is 10.2. The molecule has 5 heteroatoms. The summed E-state index contributed by atoms with van der Waals surface area (Å²) in [6.07, 6.45) is 0. The van der Waals surface area contributed by atoms with Crippen molar-refractivity contribution in [3.8, 4) is 0 Å². The van der Waals surface area contributed by atoms with Gasteiger partial charge in [0.25, 0.3) is 5.91 Å². The number of anilines is 1. The van der Waals surface area contributed by atoms with Gasteiger partial charge in [0.05, 0.1) is 6.04 Å². The molecule has 2 amide bonds. The lowest BCUT2D eigenvalue weighted by atomic mass is 10.0. The average molecular weight is 415 g/mol. The van der Waals surface area contributed by atoms with E-state index < -0.39 is 11.7 Å². The molecule has 0 heterocycles. The quantitative estimate of drug-likeness (QED) is 0.440. The lowest BCUT2D eigenvalue weighted by molar-refractivity contribution is -0.129. The van der Waals surface area contributed by atoms with E-state index in [1.54, 1.807) is 23.1 Å². The highest BCUT2D eigenvalue weighted by atomic mass is 16.2. The lowest BCUT2D eigenvalue weighted by Crippen LogP contribution is -2.38. The molecule has 5 nitrogen and oxygen atoms in total. The molecule has 0 fully saturated rings. The number of ketones is 1. The second-order valence-corrected chi connectivity index (χ2v) is 7.60. The average Bonchev–Trinajstić information content (AvgIpc) is 2.77. The third kappa shape index (κ3) is 5.66. The third-order valence-corrected chi connectivity index (χ3v) is 5.12. The van der Waals surface area contributed by atoms with Crippen LogP contribution in [0, 0.1) is 6.92 Å². The van der Waals surface area contributed by atoms with E-state index in [0.717, 1.165) is 16.7 Å². The van der Waals surface area contributed by atoms with Crippen LogP contribution in [-0.2, 0) is 16.1 Å². The van der Waals surface area contributed by atoms with Crippen molar-refractivity contribution >= 4 is 23.3 Å². The normalized spacial score (nSPS) is 11.5. The summed E-state index contributed by atoms with van der Waals surface area (Å²) < 4.78 is 0. The van der Waals surface area contributed by atoms with E-state index in [-0.39, 0.29) is 11.9 Å². The number of amides is 2. The molecule has 1 atom stereocenters. The molecule has 0 aliphatic heterocycles. The van der Waals surface area contributed by atoms with Crippen molar-refractivity contribution in [2.75, 3.05) is 5.32 Å². The number of nitrogens with one attached hydrogen (secondary N) is 1.